The molecule has 0 fully saturated rings. The highest BCUT2D eigenvalue weighted by Gasteiger charge is 2.35. The van der Waals surface area contributed by atoms with Gasteiger partial charge in [-0.1, -0.05) is 30.3 Å². The number of hydrogen-bond acceptors (Lipinski definition) is 4. The Bertz CT molecular complexity index is 1110. The first-order valence-corrected chi connectivity index (χ1v) is 9.65. The molecular formula is C24H20N2O4. The molecule has 6 nitrogen and oxygen atoms in total. The maximum Gasteiger partial charge on any atom is 0.261 e. The smallest absolute Gasteiger partial charge is 0.261 e. The number of nitrogens with one attached hydrogen (secondary N) is 1. The monoisotopic (exact) mass is 400 g/mol. The van der Waals surface area contributed by atoms with Crippen LogP contribution in [0.4, 0.5) is 5.69 Å². The molecule has 150 valence electrons. The van der Waals surface area contributed by atoms with Crippen LogP contribution in [0.1, 0.15) is 43.6 Å². The fourth-order valence-electron chi connectivity index (χ4n) is 3.35. The first-order chi connectivity index (χ1) is 14.6. The summed E-state index contributed by atoms with van der Waals surface area (Å²) in [6.45, 7) is 2.66. The number of hydrogen-bond donors (Lipinski definition) is 1. The molecule has 0 radical (unpaired) electrons. The van der Waals surface area contributed by atoms with Crippen LogP contribution in [-0.2, 0) is 6.54 Å². The fraction of sp³-hybridized carbons (Fsp3) is 0.125. The summed E-state index contributed by atoms with van der Waals surface area (Å²) >= 11 is 0. The second kappa shape index (κ2) is 8.21. The Hall–Kier alpha value is -3.93. The quantitative estimate of drug-likeness (QED) is 0.631. The predicted octanol–water partition coefficient (Wildman–Crippen LogP) is 4.13. The summed E-state index contributed by atoms with van der Waals surface area (Å²) in [4.78, 5) is 39.3. The molecule has 3 aromatic carbocycles. The average Bonchev–Trinajstić information content (AvgIpc) is 3.00. The van der Waals surface area contributed by atoms with Crippen LogP contribution >= 0.6 is 0 Å². The molecular weight excluding hydrogens is 380 g/mol. The first kappa shape index (κ1) is 19.4. The highest BCUT2D eigenvalue weighted by molar-refractivity contribution is 6.22. The van der Waals surface area contributed by atoms with Gasteiger partial charge in [-0.05, 0) is 55.0 Å². The van der Waals surface area contributed by atoms with Crippen LogP contribution in [0.2, 0.25) is 0 Å². The molecule has 30 heavy (non-hydrogen) atoms. The van der Waals surface area contributed by atoms with Crippen molar-refractivity contribution in [1.29, 1.82) is 0 Å². The van der Waals surface area contributed by atoms with Gasteiger partial charge >= 0.3 is 0 Å². The molecule has 0 spiro atoms. The van der Waals surface area contributed by atoms with Gasteiger partial charge in [-0.25, -0.2) is 0 Å². The molecule has 0 saturated heterocycles. The molecule has 1 aliphatic rings. The lowest BCUT2D eigenvalue weighted by atomic mass is 10.1. The van der Waals surface area contributed by atoms with E-state index in [4.69, 9.17) is 4.74 Å². The van der Waals surface area contributed by atoms with Crippen molar-refractivity contribution in [3.8, 4) is 5.75 Å². The van der Waals surface area contributed by atoms with Crippen molar-refractivity contribution in [3.05, 3.63) is 95.1 Å². The number of ether oxygens (including phenoxy) is 1. The Morgan fingerprint density at radius 1 is 0.900 bits per heavy atom. The van der Waals surface area contributed by atoms with Crippen LogP contribution in [0.5, 0.6) is 5.75 Å². The Balaban J connectivity index is 1.51. The number of amides is 3. The molecule has 1 N–H and O–H groups in total. The molecule has 1 heterocycles. The van der Waals surface area contributed by atoms with Gasteiger partial charge in [0, 0.05) is 11.3 Å². The van der Waals surface area contributed by atoms with E-state index in [2.05, 4.69) is 5.32 Å². The van der Waals surface area contributed by atoms with Crippen LogP contribution in [0.3, 0.4) is 0 Å². The van der Waals surface area contributed by atoms with E-state index in [1.54, 1.807) is 30.3 Å². The minimum absolute atomic E-state index is 0.195. The Morgan fingerprint density at radius 2 is 1.60 bits per heavy atom. The van der Waals surface area contributed by atoms with Crippen molar-refractivity contribution < 1.29 is 19.1 Å². The van der Waals surface area contributed by atoms with Gasteiger partial charge in [0.15, 0.2) is 0 Å². The first-order valence-electron chi connectivity index (χ1n) is 9.65. The number of rotatable bonds is 6. The largest absolute Gasteiger partial charge is 0.494 e. The molecule has 0 aliphatic carbocycles. The van der Waals surface area contributed by atoms with Crippen LogP contribution in [0.25, 0.3) is 0 Å². The molecule has 3 amide bonds. The zero-order valence-corrected chi connectivity index (χ0v) is 16.4. The number of carbonyl (C=O) groups excluding carboxylic acids is 3. The third-order valence-electron chi connectivity index (χ3n) is 4.84. The van der Waals surface area contributed by atoms with Crippen molar-refractivity contribution >= 4 is 23.4 Å². The predicted molar refractivity (Wildman–Crippen MR) is 113 cm³/mol. The highest BCUT2D eigenvalue weighted by Crippen LogP contribution is 2.26. The molecule has 1 aliphatic heterocycles. The summed E-state index contributed by atoms with van der Waals surface area (Å²) in [7, 11) is 0. The maximum atomic E-state index is 12.8. The van der Waals surface area contributed by atoms with E-state index in [0.717, 1.165) is 11.3 Å². The lowest BCUT2D eigenvalue weighted by Crippen LogP contribution is -2.29. The normalized spacial score (nSPS) is 12.6. The van der Waals surface area contributed by atoms with Crippen LogP contribution < -0.4 is 10.1 Å². The van der Waals surface area contributed by atoms with E-state index in [1.165, 1.54) is 17.0 Å². The second-order valence-corrected chi connectivity index (χ2v) is 6.85. The summed E-state index contributed by atoms with van der Waals surface area (Å²) in [6.07, 6.45) is 0. The molecule has 3 aromatic rings. The fourth-order valence-corrected chi connectivity index (χ4v) is 3.35. The summed E-state index contributed by atoms with van der Waals surface area (Å²) in [5.41, 5.74) is 2.34. The summed E-state index contributed by atoms with van der Waals surface area (Å²) in [5, 5.41) is 2.79. The number of imide groups is 1. The molecule has 6 heteroatoms. The second-order valence-electron chi connectivity index (χ2n) is 6.85. The zero-order valence-electron chi connectivity index (χ0n) is 16.4. The highest BCUT2D eigenvalue weighted by atomic mass is 16.5. The Morgan fingerprint density at radius 3 is 2.30 bits per heavy atom. The van der Waals surface area contributed by atoms with Gasteiger partial charge in [0.05, 0.1) is 24.3 Å². The number of carbonyl (C=O) groups is 3. The van der Waals surface area contributed by atoms with Crippen molar-refractivity contribution in [2.24, 2.45) is 0 Å². The van der Waals surface area contributed by atoms with E-state index in [-0.39, 0.29) is 23.9 Å². The Labute approximate surface area is 174 Å². The number of fused-ring (bicyclic) bond motifs is 1. The average molecular weight is 400 g/mol. The van der Waals surface area contributed by atoms with Gasteiger partial charge in [0.25, 0.3) is 17.7 Å². The van der Waals surface area contributed by atoms with Crippen molar-refractivity contribution in [1.82, 2.24) is 4.90 Å². The molecule has 0 aromatic heterocycles. The minimum atomic E-state index is -0.394. The van der Waals surface area contributed by atoms with Crippen LogP contribution in [-0.4, -0.2) is 29.2 Å². The third-order valence-corrected chi connectivity index (χ3v) is 4.84. The van der Waals surface area contributed by atoms with E-state index in [1.807, 2.05) is 37.3 Å². The Kier molecular flexibility index (Phi) is 5.30. The summed E-state index contributed by atoms with van der Waals surface area (Å²) in [5.74, 6) is -0.383. The van der Waals surface area contributed by atoms with Crippen molar-refractivity contribution in [2.45, 2.75) is 13.5 Å². The lowest BCUT2D eigenvalue weighted by molar-refractivity contribution is 0.0642. The van der Waals surface area contributed by atoms with Gasteiger partial charge < -0.3 is 10.1 Å². The van der Waals surface area contributed by atoms with Crippen LogP contribution in [0, 0.1) is 0 Å². The third kappa shape index (κ3) is 3.80. The molecule has 0 unspecified atom stereocenters. The van der Waals surface area contributed by atoms with E-state index >= 15 is 0 Å². The standard InChI is InChI=1S/C24H20N2O4/c1-2-30-19-11-9-18(10-12-19)25-22(27)17-8-13-20-21(14-17)24(29)26(23(20)28)15-16-6-4-3-5-7-16/h3-14H,2,15H2,1H3,(H,25,27). The van der Waals surface area contributed by atoms with Crippen molar-refractivity contribution in [3.63, 3.8) is 0 Å². The number of nitrogens with zero attached hydrogens (tertiary/aromatic N) is 1. The van der Waals surface area contributed by atoms with Gasteiger partial charge in [-0.3, -0.25) is 19.3 Å². The maximum absolute atomic E-state index is 12.8. The lowest BCUT2D eigenvalue weighted by Gasteiger charge is -2.13. The SMILES string of the molecule is CCOc1ccc(NC(=O)c2ccc3c(c2)C(=O)N(Cc2ccccc2)C3=O)cc1. The summed E-state index contributed by atoms with van der Waals surface area (Å²) in [6, 6.07) is 20.9. The van der Waals surface area contributed by atoms with E-state index in [0.29, 0.717) is 23.4 Å². The summed E-state index contributed by atoms with van der Waals surface area (Å²) < 4.78 is 5.39. The van der Waals surface area contributed by atoms with Gasteiger partial charge in [0.1, 0.15) is 5.75 Å². The number of anilines is 1. The number of benzene rings is 3. The minimum Gasteiger partial charge on any atom is -0.494 e. The molecule has 0 atom stereocenters. The van der Waals surface area contributed by atoms with Gasteiger partial charge in [-0.2, -0.15) is 0 Å². The molecule has 4 rings (SSSR count). The zero-order chi connectivity index (χ0) is 21.1. The van der Waals surface area contributed by atoms with Crippen LogP contribution in [0.15, 0.2) is 72.8 Å². The van der Waals surface area contributed by atoms with Crippen molar-refractivity contribution in [2.75, 3.05) is 11.9 Å². The van der Waals surface area contributed by atoms with E-state index < -0.39 is 5.91 Å². The molecule has 0 bridgehead atoms. The molecule has 0 saturated carbocycles. The van der Waals surface area contributed by atoms with Gasteiger partial charge in [-0.15, -0.1) is 0 Å². The van der Waals surface area contributed by atoms with Gasteiger partial charge in [0.2, 0.25) is 0 Å². The topological polar surface area (TPSA) is 75.7 Å². The van der Waals surface area contributed by atoms with E-state index in [9.17, 15) is 14.4 Å².